The van der Waals surface area contributed by atoms with Crippen LogP contribution in [0.3, 0.4) is 0 Å². The van der Waals surface area contributed by atoms with Gasteiger partial charge in [-0.1, -0.05) is 48.2 Å². The Labute approximate surface area is 159 Å². The molecule has 1 heterocycles. The largest absolute Gasteiger partial charge is 0.337 e. The molecule has 8 nitrogen and oxygen atoms in total. The summed E-state index contributed by atoms with van der Waals surface area (Å²) in [4.78, 5) is 27.2. The number of aryl methyl sites for hydroxylation is 1. The molecule has 27 heavy (non-hydrogen) atoms. The van der Waals surface area contributed by atoms with E-state index in [0.717, 1.165) is 22.9 Å². The van der Waals surface area contributed by atoms with Crippen LogP contribution in [0, 0.1) is 17.0 Å². The van der Waals surface area contributed by atoms with Crippen molar-refractivity contribution in [1.29, 1.82) is 0 Å². The second kappa shape index (κ2) is 7.92. The second-order valence-electron chi connectivity index (χ2n) is 5.80. The van der Waals surface area contributed by atoms with Crippen molar-refractivity contribution in [3.05, 3.63) is 70.4 Å². The Balaban J connectivity index is 1.67. The molecule has 0 aliphatic carbocycles. The minimum absolute atomic E-state index is 0.0213. The Morgan fingerprint density at radius 3 is 2.74 bits per heavy atom. The SMILES string of the molecule is Cc1ccc(NC(=O)CSc2nc(-c3ccccc3)cn2N)c([N+](=O)[O-])c1. The monoisotopic (exact) mass is 383 g/mol. The van der Waals surface area contributed by atoms with E-state index >= 15 is 0 Å². The summed E-state index contributed by atoms with van der Waals surface area (Å²) in [5.74, 6) is 5.55. The molecule has 3 rings (SSSR count). The van der Waals surface area contributed by atoms with Crippen LogP contribution in [0.5, 0.6) is 0 Å². The van der Waals surface area contributed by atoms with Gasteiger partial charge < -0.3 is 11.2 Å². The lowest BCUT2D eigenvalue weighted by Gasteiger charge is -2.06. The minimum atomic E-state index is -0.519. The molecular weight excluding hydrogens is 366 g/mol. The summed E-state index contributed by atoms with van der Waals surface area (Å²) in [6.45, 7) is 1.75. The second-order valence-corrected chi connectivity index (χ2v) is 6.74. The molecule has 0 radical (unpaired) electrons. The van der Waals surface area contributed by atoms with Crippen LogP contribution in [0.25, 0.3) is 11.3 Å². The predicted octanol–water partition coefficient (Wildman–Crippen LogP) is 3.21. The van der Waals surface area contributed by atoms with Gasteiger partial charge in [0, 0.05) is 11.6 Å². The summed E-state index contributed by atoms with van der Waals surface area (Å²) in [6, 6.07) is 14.2. The number of nitro groups is 1. The maximum atomic E-state index is 12.2. The first-order valence-electron chi connectivity index (χ1n) is 8.01. The van der Waals surface area contributed by atoms with E-state index in [0.29, 0.717) is 10.9 Å². The third kappa shape index (κ3) is 4.45. The highest BCUT2D eigenvalue weighted by Gasteiger charge is 2.17. The van der Waals surface area contributed by atoms with Crippen LogP contribution in [-0.4, -0.2) is 26.2 Å². The van der Waals surface area contributed by atoms with E-state index in [2.05, 4.69) is 10.3 Å². The third-order valence-corrected chi connectivity index (χ3v) is 4.69. The summed E-state index contributed by atoms with van der Waals surface area (Å²) in [7, 11) is 0. The molecule has 3 aromatic rings. The number of nitro benzene ring substituents is 1. The molecule has 1 aromatic heterocycles. The van der Waals surface area contributed by atoms with Crippen LogP contribution >= 0.6 is 11.8 Å². The Hall–Kier alpha value is -3.33. The maximum absolute atomic E-state index is 12.2. The lowest BCUT2D eigenvalue weighted by Crippen LogP contribution is -2.16. The van der Waals surface area contributed by atoms with Crippen molar-refractivity contribution in [1.82, 2.24) is 9.66 Å². The van der Waals surface area contributed by atoms with E-state index in [1.54, 1.807) is 19.2 Å². The number of carbonyl (C=O) groups excluding carboxylic acids is 1. The summed E-state index contributed by atoms with van der Waals surface area (Å²) in [5, 5.41) is 14.2. The molecule has 0 saturated heterocycles. The normalized spacial score (nSPS) is 10.6. The van der Waals surface area contributed by atoms with Crippen molar-refractivity contribution in [2.75, 3.05) is 16.9 Å². The quantitative estimate of drug-likeness (QED) is 0.292. The zero-order valence-corrected chi connectivity index (χ0v) is 15.3. The number of anilines is 1. The Morgan fingerprint density at radius 2 is 2.04 bits per heavy atom. The summed E-state index contributed by atoms with van der Waals surface area (Å²) < 4.78 is 1.36. The van der Waals surface area contributed by atoms with Crippen molar-refractivity contribution < 1.29 is 9.72 Å². The molecule has 9 heteroatoms. The third-order valence-electron chi connectivity index (χ3n) is 3.72. The van der Waals surface area contributed by atoms with E-state index < -0.39 is 4.92 Å². The molecule has 138 valence electrons. The van der Waals surface area contributed by atoms with Gasteiger partial charge in [0.2, 0.25) is 5.91 Å². The standard InChI is InChI=1S/C18H17N5O3S/c1-12-7-8-14(16(9-12)23(25)26)20-17(24)11-27-18-21-15(10-22(18)19)13-5-3-2-4-6-13/h2-10H,11,19H2,1H3,(H,20,24). The topological polar surface area (TPSA) is 116 Å². The van der Waals surface area contributed by atoms with Gasteiger partial charge in [-0.3, -0.25) is 14.9 Å². The first kappa shape index (κ1) is 18.5. The van der Waals surface area contributed by atoms with E-state index in [1.807, 2.05) is 30.3 Å². The van der Waals surface area contributed by atoms with Gasteiger partial charge in [0.25, 0.3) is 5.69 Å². The molecule has 3 N–H and O–H groups in total. The molecule has 1 amide bonds. The Kier molecular flexibility index (Phi) is 5.41. The molecule has 0 bridgehead atoms. The number of imidazole rings is 1. The minimum Gasteiger partial charge on any atom is -0.337 e. The number of hydrogen-bond acceptors (Lipinski definition) is 6. The van der Waals surface area contributed by atoms with Gasteiger partial charge in [-0.25, -0.2) is 9.66 Å². The van der Waals surface area contributed by atoms with E-state index in [9.17, 15) is 14.9 Å². The molecule has 0 aliphatic heterocycles. The van der Waals surface area contributed by atoms with Crippen LogP contribution in [-0.2, 0) is 4.79 Å². The van der Waals surface area contributed by atoms with Gasteiger partial charge in [-0.2, -0.15) is 0 Å². The first-order valence-corrected chi connectivity index (χ1v) is 9.00. The van der Waals surface area contributed by atoms with Gasteiger partial charge in [0.1, 0.15) is 5.69 Å². The fourth-order valence-corrected chi connectivity index (χ4v) is 3.14. The number of amides is 1. The summed E-state index contributed by atoms with van der Waals surface area (Å²) in [6.07, 6.45) is 1.68. The highest BCUT2D eigenvalue weighted by atomic mass is 32.2. The molecule has 0 spiro atoms. The lowest BCUT2D eigenvalue weighted by molar-refractivity contribution is -0.384. The van der Waals surface area contributed by atoms with E-state index in [1.165, 1.54) is 16.8 Å². The van der Waals surface area contributed by atoms with Crippen LogP contribution in [0.2, 0.25) is 0 Å². The zero-order chi connectivity index (χ0) is 19.4. The Bertz CT molecular complexity index is 988. The molecule has 0 atom stereocenters. The molecule has 0 saturated carbocycles. The average Bonchev–Trinajstić information content (AvgIpc) is 3.03. The van der Waals surface area contributed by atoms with Crippen molar-refractivity contribution in [3.8, 4) is 11.3 Å². The van der Waals surface area contributed by atoms with Gasteiger partial charge in [0.15, 0.2) is 5.16 Å². The fourth-order valence-electron chi connectivity index (χ4n) is 2.45. The number of hydrogen-bond donors (Lipinski definition) is 2. The van der Waals surface area contributed by atoms with Gasteiger partial charge in [0.05, 0.1) is 22.6 Å². The van der Waals surface area contributed by atoms with Crippen molar-refractivity contribution in [2.24, 2.45) is 0 Å². The maximum Gasteiger partial charge on any atom is 0.293 e. The van der Waals surface area contributed by atoms with Gasteiger partial charge >= 0.3 is 0 Å². The number of nitrogens with two attached hydrogens (primary N) is 1. The average molecular weight is 383 g/mol. The number of rotatable bonds is 6. The first-order chi connectivity index (χ1) is 12.9. The summed E-state index contributed by atoms with van der Waals surface area (Å²) in [5.41, 5.74) is 2.39. The molecule has 2 aromatic carbocycles. The number of nitrogens with zero attached hydrogens (tertiary/aromatic N) is 3. The van der Waals surface area contributed by atoms with Crippen LogP contribution < -0.4 is 11.2 Å². The zero-order valence-electron chi connectivity index (χ0n) is 14.5. The molecule has 0 unspecified atom stereocenters. The van der Waals surface area contributed by atoms with E-state index in [-0.39, 0.29) is 23.0 Å². The number of nitrogen functional groups attached to an aromatic ring is 1. The number of carbonyl (C=O) groups is 1. The molecule has 0 aliphatic rings. The highest BCUT2D eigenvalue weighted by Crippen LogP contribution is 2.26. The predicted molar refractivity (Wildman–Crippen MR) is 105 cm³/mol. The van der Waals surface area contributed by atoms with Gasteiger partial charge in [-0.15, -0.1) is 0 Å². The summed E-state index contributed by atoms with van der Waals surface area (Å²) >= 11 is 1.15. The smallest absolute Gasteiger partial charge is 0.293 e. The van der Waals surface area contributed by atoms with Crippen LogP contribution in [0.4, 0.5) is 11.4 Å². The number of nitrogens with one attached hydrogen (secondary N) is 1. The number of benzene rings is 2. The Morgan fingerprint density at radius 1 is 1.30 bits per heavy atom. The molecule has 0 fully saturated rings. The highest BCUT2D eigenvalue weighted by molar-refractivity contribution is 7.99. The van der Waals surface area contributed by atoms with Crippen LogP contribution in [0.1, 0.15) is 5.56 Å². The number of thioether (sulfide) groups is 1. The fraction of sp³-hybridized carbons (Fsp3) is 0.111. The number of aromatic nitrogens is 2. The van der Waals surface area contributed by atoms with E-state index in [4.69, 9.17) is 5.84 Å². The van der Waals surface area contributed by atoms with Crippen LogP contribution in [0.15, 0.2) is 59.9 Å². The molecular formula is C18H17N5O3S. The van der Waals surface area contributed by atoms with Crippen molar-refractivity contribution in [3.63, 3.8) is 0 Å². The lowest BCUT2D eigenvalue weighted by atomic mass is 10.2. The van der Waals surface area contributed by atoms with Crippen molar-refractivity contribution in [2.45, 2.75) is 12.1 Å². The van der Waals surface area contributed by atoms with Crippen molar-refractivity contribution >= 4 is 29.0 Å². The van der Waals surface area contributed by atoms with Gasteiger partial charge in [-0.05, 0) is 18.6 Å².